The van der Waals surface area contributed by atoms with Crippen molar-refractivity contribution in [2.24, 2.45) is 0 Å². The van der Waals surface area contributed by atoms with E-state index in [1.807, 2.05) is 36.4 Å². The Morgan fingerprint density at radius 1 is 1.11 bits per heavy atom. The zero-order valence-electron chi connectivity index (χ0n) is 15.6. The second kappa shape index (κ2) is 9.76. The van der Waals surface area contributed by atoms with E-state index in [4.69, 9.17) is 16.3 Å². The molecule has 0 saturated heterocycles. The van der Waals surface area contributed by atoms with Crippen LogP contribution in [0.1, 0.15) is 21.5 Å². The monoisotopic (exact) mass is 395 g/mol. The lowest BCUT2D eigenvalue weighted by molar-refractivity contribution is 0.0951. The Hall–Kier alpha value is -3.05. The average molecular weight is 396 g/mol. The summed E-state index contributed by atoms with van der Waals surface area (Å²) in [6.45, 7) is 1.12. The topological polar surface area (TPSA) is 63.2 Å². The minimum atomic E-state index is -0.148. The molecule has 1 heterocycles. The third kappa shape index (κ3) is 5.47. The largest absolute Gasteiger partial charge is 0.496 e. The fourth-order valence-electron chi connectivity index (χ4n) is 2.79. The van der Waals surface area contributed by atoms with E-state index in [2.05, 4.69) is 15.6 Å². The molecular formula is C22H22ClN3O2. The summed E-state index contributed by atoms with van der Waals surface area (Å²) in [5.74, 6) is 1.38. The van der Waals surface area contributed by atoms with E-state index in [0.717, 1.165) is 23.3 Å². The molecule has 0 saturated carbocycles. The first kappa shape index (κ1) is 19.7. The van der Waals surface area contributed by atoms with Crippen molar-refractivity contribution >= 4 is 23.3 Å². The summed E-state index contributed by atoms with van der Waals surface area (Å²) in [6, 6.07) is 18.7. The van der Waals surface area contributed by atoms with Gasteiger partial charge in [0.2, 0.25) is 0 Å². The molecule has 144 valence electrons. The first-order valence-electron chi connectivity index (χ1n) is 9.00. The number of carbonyl (C=O) groups is 1. The van der Waals surface area contributed by atoms with Crippen LogP contribution in [0, 0.1) is 0 Å². The van der Waals surface area contributed by atoms with Gasteiger partial charge in [0.25, 0.3) is 5.91 Å². The molecule has 2 N–H and O–H groups in total. The number of benzene rings is 2. The van der Waals surface area contributed by atoms with E-state index in [9.17, 15) is 4.79 Å². The van der Waals surface area contributed by atoms with Crippen LogP contribution >= 0.6 is 11.6 Å². The second-order valence-corrected chi connectivity index (χ2v) is 6.66. The standard InChI is InChI=1S/C22H22ClN3O2/c1-28-20-5-3-2-4-17(20)10-12-24-21-14-18(11-13-25-21)22(27)26-15-16-6-8-19(23)9-7-16/h2-9,11,13-14H,10,12,15H2,1H3,(H,24,25)(H,26,27). The normalized spacial score (nSPS) is 10.4. The van der Waals surface area contributed by atoms with Gasteiger partial charge in [-0.15, -0.1) is 0 Å². The van der Waals surface area contributed by atoms with Crippen molar-refractivity contribution in [3.05, 3.63) is 88.6 Å². The summed E-state index contributed by atoms with van der Waals surface area (Å²) in [6.07, 6.45) is 2.42. The summed E-state index contributed by atoms with van der Waals surface area (Å²) >= 11 is 5.88. The van der Waals surface area contributed by atoms with Crippen LogP contribution in [0.5, 0.6) is 5.75 Å². The van der Waals surface area contributed by atoms with Crippen LogP contribution in [0.4, 0.5) is 5.82 Å². The van der Waals surface area contributed by atoms with Crippen LogP contribution in [0.3, 0.4) is 0 Å². The molecule has 0 atom stereocenters. The molecular weight excluding hydrogens is 374 g/mol. The fourth-order valence-corrected chi connectivity index (χ4v) is 2.92. The van der Waals surface area contributed by atoms with Crippen molar-refractivity contribution in [1.29, 1.82) is 0 Å². The number of amides is 1. The highest BCUT2D eigenvalue weighted by molar-refractivity contribution is 6.30. The van der Waals surface area contributed by atoms with E-state index in [1.54, 1.807) is 37.6 Å². The van der Waals surface area contributed by atoms with Crippen LogP contribution in [-0.4, -0.2) is 24.5 Å². The number of methoxy groups -OCH3 is 1. The van der Waals surface area contributed by atoms with Gasteiger partial charge in [-0.2, -0.15) is 0 Å². The van der Waals surface area contributed by atoms with Crippen LogP contribution in [0.25, 0.3) is 0 Å². The van der Waals surface area contributed by atoms with E-state index in [-0.39, 0.29) is 5.91 Å². The highest BCUT2D eigenvalue weighted by atomic mass is 35.5. The number of hydrogen-bond donors (Lipinski definition) is 2. The maximum Gasteiger partial charge on any atom is 0.251 e. The molecule has 0 aliphatic heterocycles. The minimum absolute atomic E-state index is 0.148. The fraction of sp³-hybridized carbons (Fsp3) is 0.182. The summed E-state index contributed by atoms with van der Waals surface area (Å²) in [5, 5.41) is 6.84. The van der Waals surface area contributed by atoms with Gasteiger partial charge in [0.15, 0.2) is 0 Å². The summed E-state index contributed by atoms with van der Waals surface area (Å²) in [7, 11) is 1.67. The molecule has 0 fully saturated rings. The Kier molecular flexibility index (Phi) is 6.87. The molecule has 28 heavy (non-hydrogen) atoms. The number of aromatic nitrogens is 1. The number of halogens is 1. The number of pyridine rings is 1. The number of nitrogens with one attached hydrogen (secondary N) is 2. The van der Waals surface area contributed by atoms with E-state index in [1.165, 1.54) is 0 Å². The molecule has 0 bridgehead atoms. The van der Waals surface area contributed by atoms with Gasteiger partial charge in [0.1, 0.15) is 11.6 Å². The Labute approximate surface area is 169 Å². The Morgan fingerprint density at radius 3 is 2.68 bits per heavy atom. The van der Waals surface area contributed by atoms with Gasteiger partial charge in [-0.1, -0.05) is 41.9 Å². The quantitative estimate of drug-likeness (QED) is 0.596. The SMILES string of the molecule is COc1ccccc1CCNc1cc(C(=O)NCc2ccc(Cl)cc2)ccn1. The molecule has 0 unspecified atom stereocenters. The minimum Gasteiger partial charge on any atom is -0.496 e. The summed E-state index contributed by atoms with van der Waals surface area (Å²) in [4.78, 5) is 16.7. The lowest BCUT2D eigenvalue weighted by Gasteiger charge is -2.10. The van der Waals surface area contributed by atoms with Gasteiger partial charge in [0, 0.05) is 29.9 Å². The molecule has 2 aromatic carbocycles. The lowest BCUT2D eigenvalue weighted by Crippen LogP contribution is -2.23. The molecule has 6 heteroatoms. The summed E-state index contributed by atoms with van der Waals surface area (Å²) < 4.78 is 5.36. The van der Waals surface area contributed by atoms with Crippen LogP contribution < -0.4 is 15.4 Å². The molecule has 3 rings (SSSR count). The lowest BCUT2D eigenvalue weighted by atomic mass is 10.1. The number of para-hydroxylation sites is 1. The van der Waals surface area contributed by atoms with Gasteiger partial charge >= 0.3 is 0 Å². The number of anilines is 1. The predicted molar refractivity (Wildman–Crippen MR) is 112 cm³/mol. The zero-order valence-corrected chi connectivity index (χ0v) is 16.4. The first-order valence-corrected chi connectivity index (χ1v) is 9.38. The van der Waals surface area contributed by atoms with Gasteiger partial charge in [-0.25, -0.2) is 4.98 Å². The Balaban J connectivity index is 1.54. The molecule has 0 aliphatic carbocycles. The van der Waals surface area contributed by atoms with Gasteiger partial charge in [0.05, 0.1) is 7.11 Å². The molecule has 0 spiro atoms. The van der Waals surface area contributed by atoms with Crippen molar-refractivity contribution in [2.45, 2.75) is 13.0 Å². The van der Waals surface area contributed by atoms with Crippen LogP contribution in [0.15, 0.2) is 66.9 Å². The number of hydrogen-bond acceptors (Lipinski definition) is 4. The molecule has 0 aliphatic rings. The smallest absolute Gasteiger partial charge is 0.251 e. The first-order chi connectivity index (χ1) is 13.7. The number of nitrogens with zero attached hydrogens (tertiary/aromatic N) is 1. The van der Waals surface area contributed by atoms with Crippen LogP contribution in [0.2, 0.25) is 5.02 Å². The van der Waals surface area contributed by atoms with Crippen molar-refractivity contribution in [3.63, 3.8) is 0 Å². The molecule has 1 aromatic heterocycles. The Bertz CT molecular complexity index is 929. The van der Waals surface area contributed by atoms with Gasteiger partial charge in [-0.05, 0) is 47.9 Å². The maximum absolute atomic E-state index is 12.4. The average Bonchev–Trinajstić information content (AvgIpc) is 2.73. The Morgan fingerprint density at radius 2 is 1.89 bits per heavy atom. The highest BCUT2D eigenvalue weighted by Gasteiger charge is 2.07. The van der Waals surface area contributed by atoms with E-state index >= 15 is 0 Å². The van der Waals surface area contributed by atoms with E-state index in [0.29, 0.717) is 29.5 Å². The number of carbonyl (C=O) groups excluding carboxylic acids is 1. The van der Waals surface area contributed by atoms with Crippen molar-refractivity contribution < 1.29 is 9.53 Å². The zero-order chi connectivity index (χ0) is 19.8. The molecule has 0 radical (unpaired) electrons. The van der Waals surface area contributed by atoms with Crippen molar-refractivity contribution in [1.82, 2.24) is 10.3 Å². The van der Waals surface area contributed by atoms with Gasteiger partial charge < -0.3 is 15.4 Å². The van der Waals surface area contributed by atoms with Crippen LogP contribution in [-0.2, 0) is 13.0 Å². The van der Waals surface area contributed by atoms with Crippen molar-refractivity contribution in [3.8, 4) is 5.75 Å². The highest BCUT2D eigenvalue weighted by Crippen LogP contribution is 2.18. The van der Waals surface area contributed by atoms with Gasteiger partial charge in [-0.3, -0.25) is 4.79 Å². The predicted octanol–water partition coefficient (Wildman–Crippen LogP) is 4.33. The third-order valence-corrected chi connectivity index (χ3v) is 4.53. The molecule has 5 nitrogen and oxygen atoms in total. The molecule has 3 aromatic rings. The maximum atomic E-state index is 12.4. The molecule has 1 amide bonds. The summed E-state index contributed by atoms with van der Waals surface area (Å²) in [5.41, 5.74) is 2.67. The second-order valence-electron chi connectivity index (χ2n) is 6.23. The number of ether oxygens (including phenoxy) is 1. The number of rotatable bonds is 8. The van der Waals surface area contributed by atoms with Crippen molar-refractivity contribution in [2.75, 3.05) is 19.0 Å². The van der Waals surface area contributed by atoms with E-state index < -0.39 is 0 Å². The third-order valence-electron chi connectivity index (χ3n) is 4.28.